The van der Waals surface area contributed by atoms with Crippen LogP contribution in [-0.4, -0.2) is 38.0 Å². The lowest BCUT2D eigenvalue weighted by Crippen LogP contribution is -2.29. The van der Waals surface area contributed by atoms with Gasteiger partial charge in [0.2, 0.25) is 5.91 Å². The van der Waals surface area contributed by atoms with E-state index in [4.69, 9.17) is 5.11 Å². The Labute approximate surface area is 118 Å². The molecule has 0 heterocycles. The van der Waals surface area contributed by atoms with Crippen LogP contribution < -0.4 is 5.32 Å². The van der Waals surface area contributed by atoms with Gasteiger partial charge < -0.3 is 10.4 Å². The van der Waals surface area contributed by atoms with Crippen molar-refractivity contribution in [1.29, 1.82) is 0 Å². The quantitative estimate of drug-likeness (QED) is 0.754. The Morgan fingerprint density at radius 2 is 2.15 bits per heavy atom. The maximum atomic E-state index is 11.4. The van der Waals surface area contributed by atoms with Gasteiger partial charge >= 0.3 is 0 Å². The molecule has 0 saturated heterocycles. The number of sulfone groups is 1. The fourth-order valence-corrected chi connectivity index (χ4v) is 2.05. The zero-order valence-corrected chi connectivity index (χ0v) is 12.0. The first kappa shape index (κ1) is 16.2. The van der Waals surface area contributed by atoms with Crippen molar-refractivity contribution < 1.29 is 18.3 Å². The molecule has 0 aromatic heterocycles. The van der Waals surface area contributed by atoms with E-state index in [1.54, 1.807) is 6.07 Å². The maximum Gasteiger partial charge on any atom is 0.235 e. The molecule has 0 spiro atoms. The summed E-state index contributed by atoms with van der Waals surface area (Å²) >= 11 is 0. The van der Waals surface area contributed by atoms with Crippen molar-refractivity contribution in [1.82, 2.24) is 5.32 Å². The van der Waals surface area contributed by atoms with Crippen molar-refractivity contribution in [3.05, 3.63) is 35.4 Å². The van der Waals surface area contributed by atoms with Crippen molar-refractivity contribution in [2.45, 2.75) is 13.0 Å². The van der Waals surface area contributed by atoms with Gasteiger partial charge in [0.25, 0.3) is 0 Å². The van der Waals surface area contributed by atoms with Crippen LogP contribution in [0.4, 0.5) is 0 Å². The zero-order valence-electron chi connectivity index (χ0n) is 11.2. The van der Waals surface area contributed by atoms with Gasteiger partial charge in [-0.05, 0) is 17.7 Å². The molecule has 0 atom stereocenters. The molecule has 20 heavy (non-hydrogen) atoms. The molecule has 6 heteroatoms. The second-order valence-electron chi connectivity index (χ2n) is 4.32. The smallest absolute Gasteiger partial charge is 0.235 e. The van der Waals surface area contributed by atoms with Crippen LogP contribution in [0.2, 0.25) is 0 Å². The van der Waals surface area contributed by atoms with Crippen LogP contribution in [0.25, 0.3) is 0 Å². The Kier molecular flexibility index (Phi) is 6.22. The summed E-state index contributed by atoms with van der Waals surface area (Å²) in [7, 11) is -3.31. The molecule has 1 amide bonds. The van der Waals surface area contributed by atoms with Crippen LogP contribution in [0.1, 0.15) is 17.5 Å². The number of aliphatic hydroxyl groups is 1. The van der Waals surface area contributed by atoms with Crippen LogP contribution in [0.3, 0.4) is 0 Å². The van der Waals surface area contributed by atoms with Gasteiger partial charge in [-0.15, -0.1) is 0 Å². The van der Waals surface area contributed by atoms with Crippen LogP contribution in [-0.2, 0) is 21.2 Å². The number of hydrogen-bond acceptors (Lipinski definition) is 4. The second-order valence-corrected chi connectivity index (χ2v) is 6.46. The van der Waals surface area contributed by atoms with Gasteiger partial charge in [-0.3, -0.25) is 4.79 Å². The minimum Gasteiger partial charge on any atom is -0.395 e. The number of rotatable bonds is 5. The molecule has 5 nitrogen and oxygen atoms in total. The average molecular weight is 295 g/mol. The number of benzene rings is 1. The first-order valence-electron chi connectivity index (χ1n) is 6.04. The monoisotopic (exact) mass is 295 g/mol. The summed E-state index contributed by atoms with van der Waals surface area (Å²) in [6.45, 7) is 0.276. The fraction of sp³-hybridized carbons (Fsp3) is 0.357. The van der Waals surface area contributed by atoms with Crippen LogP contribution in [0.5, 0.6) is 0 Å². The molecule has 0 saturated carbocycles. The summed E-state index contributed by atoms with van der Waals surface area (Å²) in [6.07, 6.45) is 1.43. The highest BCUT2D eigenvalue weighted by Gasteiger charge is 2.10. The van der Waals surface area contributed by atoms with Gasteiger partial charge in [0.05, 0.1) is 6.61 Å². The molecule has 0 fully saturated rings. The molecule has 1 rings (SSSR count). The Morgan fingerprint density at radius 3 is 2.80 bits per heavy atom. The summed E-state index contributed by atoms with van der Waals surface area (Å²) < 4.78 is 21.9. The van der Waals surface area contributed by atoms with Gasteiger partial charge in [-0.25, -0.2) is 8.42 Å². The molecule has 0 unspecified atom stereocenters. The number of amides is 1. The van der Waals surface area contributed by atoms with E-state index in [-0.39, 0.29) is 13.2 Å². The molecule has 108 valence electrons. The molecule has 0 aliphatic heterocycles. The van der Waals surface area contributed by atoms with E-state index in [0.29, 0.717) is 6.42 Å². The van der Waals surface area contributed by atoms with E-state index in [0.717, 1.165) is 17.4 Å². The molecule has 1 aromatic carbocycles. The van der Waals surface area contributed by atoms with Crippen LogP contribution in [0, 0.1) is 11.8 Å². The highest BCUT2D eigenvalue weighted by molar-refractivity contribution is 7.91. The minimum atomic E-state index is -3.31. The third-order valence-electron chi connectivity index (χ3n) is 2.28. The Hall–Kier alpha value is -1.84. The molecule has 0 bridgehead atoms. The van der Waals surface area contributed by atoms with Gasteiger partial charge in [-0.1, -0.05) is 24.0 Å². The number of nitrogens with one attached hydrogen (secondary N) is 1. The first-order valence-corrected chi connectivity index (χ1v) is 8.10. The average Bonchev–Trinajstić information content (AvgIpc) is 2.35. The van der Waals surface area contributed by atoms with E-state index >= 15 is 0 Å². The predicted octanol–water partition coefficient (Wildman–Crippen LogP) is 0.0813. The minimum absolute atomic E-state index is 0.0221. The lowest BCUT2D eigenvalue weighted by atomic mass is 10.1. The second kappa shape index (κ2) is 7.68. The SMILES string of the molecule is CS(=O)(=O)CC(=O)NCc1cccc(C#CCCO)c1. The number of aliphatic hydroxyl groups excluding tert-OH is 1. The molecule has 0 radical (unpaired) electrons. The predicted molar refractivity (Wildman–Crippen MR) is 76.6 cm³/mol. The normalized spacial score (nSPS) is 10.5. The van der Waals surface area contributed by atoms with E-state index < -0.39 is 21.5 Å². The maximum absolute atomic E-state index is 11.4. The highest BCUT2D eigenvalue weighted by Crippen LogP contribution is 2.04. The Bertz CT molecular complexity index is 626. The highest BCUT2D eigenvalue weighted by atomic mass is 32.2. The van der Waals surface area contributed by atoms with Crippen molar-refractivity contribution in [3.8, 4) is 11.8 Å². The summed E-state index contributed by atoms with van der Waals surface area (Å²) in [5.74, 6) is 4.67. The summed E-state index contributed by atoms with van der Waals surface area (Å²) in [4.78, 5) is 11.4. The first-order chi connectivity index (χ1) is 9.40. The number of carbonyl (C=O) groups is 1. The number of hydrogen-bond donors (Lipinski definition) is 2. The lowest BCUT2D eigenvalue weighted by molar-refractivity contribution is -0.118. The van der Waals surface area contributed by atoms with E-state index in [1.807, 2.05) is 18.2 Å². The van der Waals surface area contributed by atoms with E-state index in [9.17, 15) is 13.2 Å². The molecular formula is C14H17NO4S. The Balaban J connectivity index is 2.59. The van der Waals surface area contributed by atoms with Gasteiger partial charge in [0.15, 0.2) is 9.84 Å². The largest absolute Gasteiger partial charge is 0.395 e. The Morgan fingerprint density at radius 1 is 1.40 bits per heavy atom. The van der Waals surface area contributed by atoms with Crippen molar-refractivity contribution in [2.75, 3.05) is 18.6 Å². The molecule has 2 N–H and O–H groups in total. The van der Waals surface area contributed by atoms with Gasteiger partial charge in [0.1, 0.15) is 5.75 Å². The summed E-state index contributed by atoms with van der Waals surface area (Å²) in [5, 5.41) is 11.2. The molecule has 0 aliphatic rings. The van der Waals surface area contributed by atoms with Crippen molar-refractivity contribution in [3.63, 3.8) is 0 Å². The van der Waals surface area contributed by atoms with E-state index in [1.165, 1.54) is 0 Å². The standard InChI is InChI=1S/C14H17NO4S/c1-20(18,19)11-14(17)15-10-13-7-4-6-12(9-13)5-2-3-8-16/h4,6-7,9,16H,3,8,10-11H2,1H3,(H,15,17). The zero-order chi connectivity index (χ0) is 15.0. The molecular weight excluding hydrogens is 278 g/mol. The molecule has 1 aromatic rings. The third kappa shape index (κ3) is 6.92. The lowest BCUT2D eigenvalue weighted by Gasteiger charge is -2.05. The van der Waals surface area contributed by atoms with Gasteiger partial charge in [0, 0.05) is 24.8 Å². The number of carbonyl (C=O) groups excluding carboxylic acids is 1. The molecule has 0 aliphatic carbocycles. The van der Waals surface area contributed by atoms with Gasteiger partial charge in [-0.2, -0.15) is 0 Å². The fourth-order valence-electron chi connectivity index (χ4n) is 1.47. The van der Waals surface area contributed by atoms with Crippen LogP contribution >= 0.6 is 0 Å². The summed E-state index contributed by atoms with van der Waals surface area (Å²) in [5.41, 5.74) is 1.62. The van der Waals surface area contributed by atoms with Crippen LogP contribution in [0.15, 0.2) is 24.3 Å². The summed E-state index contributed by atoms with van der Waals surface area (Å²) in [6, 6.07) is 7.26. The topological polar surface area (TPSA) is 83.5 Å². The van der Waals surface area contributed by atoms with Crippen molar-refractivity contribution >= 4 is 15.7 Å². The van der Waals surface area contributed by atoms with Crippen molar-refractivity contribution in [2.24, 2.45) is 0 Å². The third-order valence-corrected chi connectivity index (χ3v) is 3.07. The van der Waals surface area contributed by atoms with E-state index in [2.05, 4.69) is 17.2 Å².